The molecule has 8 nitrogen and oxygen atoms in total. The van der Waals surface area contributed by atoms with Gasteiger partial charge in [0, 0.05) is 30.3 Å². The Morgan fingerprint density at radius 2 is 1.68 bits per heavy atom. The van der Waals surface area contributed by atoms with E-state index in [-0.39, 0.29) is 10.7 Å². The standard InChI is InChI=1S/C22H19N3O5S/c26-31(27,16-7-8-18-19(14-16)29-12-4-11-28-18)25-21(22-23-9-3-10-24-22)20-13-15-5-1-2-6-17(15)30-20/h1-3,5-10,13-14,21,25H,4,11-12H2/t21-/m0/s1. The minimum atomic E-state index is -3.96. The number of fused-ring (bicyclic) bond motifs is 2. The maximum Gasteiger partial charge on any atom is 0.241 e. The first-order chi connectivity index (χ1) is 15.1. The molecule has 0 amide bonds. The normalized spacial score (nSPS) is 14.8. The highest BCUT2D eigenvalue weighted by Gasteiger charge is 2.28. The van der Waals surface area contributed by atoms with E-state index >= 15 is 0 Å². The van der Waals surface area contributed by atoms with Crippen molar-refractivity contribution < 1.29 is 22.3 Å². The lowest BCUT2D eigenvalue weighted by Crippen LogP contribution is -2.30. The van der Waals surface area contributed by atoms with Crippen LogP contribution in [-0.4, -0.2) is 31.6 Å². The molecule has 2 aromatic carbocycles. The summed E-state index contributed by atoms with van der Waals surface area (Å²) in [6.07, 6.45) is 3.84. The van der Waals surface area contributed by atoms with Crippen LogP contribution in [0.2, 0.25) is 0 Å². The molecule has 0 saturated carbocycles. The van der Waals surface area contributed by atoms with Crippen LogP contribution in [0.5, 0.6) is 11.5 Å². The molecule has 2 aromatic heterocycles. The molecule has 9 heteroatoms. The first-order valence-corrected chi connectivity index (χ1v) is 11.3. The maximum absolute atomic E-state index is 13.3. The molecule has 1 aliphatic rings. The topological polar surface area (TPSA) is 104 Å². The molecule has 5 rings (SSSR count). The number of ether oxygens (including phenoxy) is 2. The lowest BCUT2D eigenvalue weighted by Gasteiger charge is -2.16. The van der Waals surface area contributed by atoms with Gasteiger partial charge in [-0.05, 0) is 30.3 Å². The lowest BCUT2D eigenvalue weighted by atomic mass is 10.2. The van der Waals surface area contributed by atoms with Gasteiger partial charge in [-0.15, -0.1) is 0 Å². The summed E-state index contributed by atoms with van der Waals surface area (Å²) in [5.41, 5.74) is 0.646. The molecule has 0 spiro atoms. The molecule has 31 heavy (non-hydrogen) atoms. The van der Waals surface area contributed by atoms with Gasteiger partial charge in [-0.25, -0.2) is 18.4 Å². The number of nitrogens with zero attached hydrogens (tertiary/aromatic N) is 2. The molecule has 0 fully saturated rings. The van der Waals surface area contributed by atoms with Crippen molar-refractivity contribution in [2.24, 2.45) is 0 Å². The Morgan fingerprint density at radius 1 is 0.903 bits per heavy atom. The molecule has 1 atom stereocenters. The first-order valence-electron chi connectivity index (χ1n) is 9.77. The number of aromatic nitrogens is 2. The molecule has 0 unspecified atom stereocenters. The number of sulfonamides is 1. The van der Waals surface area contributed by atoms with E-state index in [2.05, 4.69) is 14.7 Å². The van der Waals surface area contributed by atoms with Crippen molar-refractivity contribution in [3.05, 3.63) is 78.6 Å². The van der Waals surface area contributed by atoms with Gasteiger partial charge in [-0.2, -0.15) is 4.72 Å². The Bertz CT molecular complexity index is 1290. The van der Waals surface area contributed by atoms with Crippen LogP contribution in [0.15, 0.2) is 76.3 Å². The predicted molar refractivity (Wildman–Crippen MR) is 112 cm³/mol. The quantitative estimate of drug-likeness (QED) is 0.510. The molecule has 0 bridgehead atoms. The fraction of sp³-hybridized carbons (Fsp3) is 0.182. The van der Waals surface area contributed by atoms with Crippen molar-refractivity contribution in [3.63, 3.8) is 0 Å². The van der Waals surface area contributed by atoms with Crippen LogP contribution in [0.4, 0.5) is 0 Å². The summed E-state index contributed by atoms with van der Waals surface area (Å²) in [6, 6.07) is 14.5. The zero-order chi connectivity index (χ0) is 21.3. The number of benzene rings is 2. The van der Waals surface area contributed by atoms with Gasteiger partial charge in [-0.3, -0.25) is 0 Å². The Kier molecular flexibility index (Phi) is 5.05. The van der Waals surface area contributed by atoms with E-state index in [1.807, 2.05) is 24.3 Å². The summed E-state index contributed by atoms with van der Waals surface area (Å²) < 4.78 is 46.4. The maximum atomic E-state index is 13.3. The average molecular weight is 437 g/mol. The van der Waals surface area contributed by atoms with Crippen molar-refractivity contribution in [1.29, 1.82) is 0 Å². The SMILES string of the molecule is O=S(=O)(N[C@H](c1ncccn1)c1cc2ccccc2o1)c1ccc2c(c1)OCCCO2. The molecule has 0 saturated heterocycles. The highest BCUT2D eigenvalue weighted by atomic mass is 32.2. The lowest BCUT2D eigenvalue weighted by molar-refractivity contribution is 0.297. The molecule has 1 aliphatic heterocycles. The second-order valence-electron chi connectivity index (χ2n) is 7.01. The summed E-state index contributed by atoms with van der Waals surface area (Å²) in [5, 5.41) is 0.855. The molecule has 0 radical (unpaired) electrons. The van der Waals surface area contributed by atoms with E-state index in [1.165, 1.54) is 12.1 Å². The third-order valence-corrected chi connectivity index (χ3v) is 6.30. The average Bonchev–Trinajstić information content (AvgIpc) is 3.08. The summed E-state index contributed by atoms with van der Waals surface area (Å²) in [5.74, 6) is 1.60. The Labute approximate surface area is 178 Å². The number of rotatable bonds is 5. The van der Waals surface area contributed by atoms with Crippen molar-refractivity contribution in [3.8, 4) is 11.5 Å². The zero-order valence-electron chi connectivity index (χ0n) is 16.4. The smallest absolute Gasteiger partial charge is 0.241 e. The second kappa shape index (κ2) is 8.01. The van der Waals surface area contributed by atoms with Gasteiger partial charge >= 0.3 is 0 Å². The van der Waals surface area contributed by atoms with Gasteiger partial charge < -0.3 is 13.9 Å². The molecular weight excluding hydrogens is 418 g/mol. The van der Waals surface area contributed by atoms with E-state index < -0.39 is 16.1 Å². The minimum absolute atomic E-state index is 0.0498. The number of nitrogens with one attached hydrogen (secondary N) is 1. The Hall–Kier alpha value is -3.43. The van der Waals surface area contributed by atoms with Crippen molar-refractivity contribution in [1.82, 2.24) is 14.7 Å². The predicted octanol–water partition coefficient (Wildman–Crippen LogP) is 3.45. The van der Waals surface area contributed by atoms with Crippen LogP contribution >= 0.6 is 0 Å². The van der Waals surface area contributed by atoms with Gasteiger partial charge in [0.25, 0.3) is 0 Å². The molecule has 158 valence electrons. The molecular formula is C22H19N3O5S. The van der Waals surface area contributed by atoms with Crippen molar-refractivity contribution in [2.75, 3.05) is 13.2 Å². The summed E-state index contributed by atoms with van der Waals surface area (Å²) in [7, 11) is -3.96. The van der Waals surface area contributed by atoms with E-state index in [9.17, 15) is 8.42 Å². The van der Waals surface area contributed by atoms with E-state index in [0.29, 0.717) is 36.1 Å². The molecule has 3 heterocycles. The van der Waals surface area contributed by atoms with Gasteiger partial charge in [0.15, 0.2) is 17.3 Å². The summed E-state index contributed by atoms with van der Waals surface area (Å²) in [4.78, 5) is 8.54. The van der Waals surface area contributed by atoms with Gasteiger partial charge in [0.2, 0.25) is 10.0 Å². The van der Waals surface area contributed by atoms with Crippen LogP contribution in [0.25, 0.3) is 11.0 Å². The van der Waals surface area contributed by atoms with E-state index in [4.69, 9.17) is 13.9 Å². The monoisotopic (exact) mass is 437 g/mol. The minimum Gasteiger partial charge on any atom is -0.490 e. The number of hydrogen-bond donors (Lipinski definition) is 1. The van der Waals surface area contributed by atoms with Crippen LogP contribution < -0.4 is 14.2 Å². The highest BCUT2D eigenvalue weighted by Crippen LogP contribution is 2.33. The van der Waals surface area contributed by atoms with Crippen molar-refractivity contribution in [2.45, 2.75) is 17.4 Å². The van der Waals surface area contributed by atoms with Crippen LogP contribution in [0.1, 0.15) is 24.0 Å². The fourth-order valence-corrected chi connectivity index (χ4v) is 4.55. The van der Waals surface area contributed by atoms with Gasteiger partial charge in [0.05, 0.1) is 18.1 Å². The van der Waals surface area contributed by atoms with Gasteiger partial charge in [-0.1, -0.05) is 18.2 Å². The molecule has 4 aromatic rings. The number of para-hydroxylation sites is 1. The van der Waals surface area contributed by atoms with Crippen LogP contribution in [0.3, 0.4) is 0 Å². The van der Waals surface area contributed by atoms with Crippen LogP contribution in [-0.2, 0) is 10.0 Å². The summed E-state index contributed by atoms with van der Waals surface area (Å²) in [6.45, 7) is 0.986. The zero-order valence-corrected chi connectivity index (χ0v) is 17.2. The molecule has 0 aliphatic carbocycles. The molecule has 1 N–H and O–H groups in total. The van der Waals surface area contributed by atoms with Gasteiger partial charge in [0.1, 0.15) is 17.4 Å². The second-order valence-corrected chi connectivity index (χ2v) is 8.72. The largest absolute Gasteiger partial charge is 0.490 e. The fourth-order valence-electron chi connectivity index (χ4n) is 3.38. The third-order valence-electron chi connectivity index (χ3n) is 4.88. The third kappa shape index (κ3) is 3.97. The van der Waals surface area contributed by atoms with Crippen LogP contribution in [0, 0.1) is 0 Å². The van der Waals surface area contributed by atoms with E-state index in [0.717, 1.165) is 11.8 Å². The Morgan fingerprint density at radius 3 is 2.48 bits per heavy atom. The van der Waals surface area contributed by atoms with E-state index in [1.54, 1.807) is 30.6 Å². The first kappa shape index (κ1) is 19.5. The number of furan rings is 1. The number of hydrogen-bond acceptors (Lipinski definition) is 7. The highest BCUT2D eigenvalue weighted by molar-refractivity contribution is 7.89. The Balaban J connectivity index is 1.54. The summed E-state index contributed by atoms with van der Waals surface area (Å²) >= 11 is 0. The van der Waals surface area contributed by atoms with Crippen molar-refractivity contribution >= 4 is 21.0 Å².